The average Bonchev–Trinajstić information content (AvgIpc) is 3.57. The van der Waals surface area contributed by atoms with E-state index in [0.717, 1.165) is 48.9 Å². The summed E-state index contributed by atoms with van der Waals surface area (Å²) in [7, 11) is 4.13. The van der Waals surface area contributed by atoms with Crippen molar-refractivity contribution in [2.45, 2.75) is 44.3 Å². The van der Waals surface area contributed by atoms with Crippen LogP contribution in [0.5, 0.6) is 0 Å². The lowest BCUT2D eigenvalue weighted by molar-refractivity contribution is -0.127. The molecule has 0 radical (unpaired) electrons. The molecule has 4 unspecified atom stereocenters. The van der Waals surface area contributed by atoms with E-state index in [1.807, 2.05) is 12.1 Å². The van der Waals surface area contributed by atoms with Crippen LogP contribution < -0.4 is 16.0 Å². The number of fused-ring (bicyclic) bond motifs is 3. The van der Waals surface area contributed by atoms with Crippen LogP contribution in [0.3, 0.4) is 0 Å². The van der Waals surface area contributed by atoms with Crippen molar-refractivity contribution < 1.29 is 9.18 Å². The molecule has 1 aromatic carbocycles. The second kappa shape index (κ2) is 9.78. The van der Waals surface area contributed by atoms with Gasteiger partial charge in [-0.2, -0.15) is 4.98 Å². The number of amides is 1. The van der Waals surface area contributed by atoms with Crippen LogP contribution in [0.2, 0.25) is 0 Å². The lowest BCUT2D eigenvalue weighted by Crippen LogP contribution is -2.48. The lowest BCUT2D eigenvalue weighted by Gasteiger charge is -2.32. The predicted octanol–water partition coefficient (Wildman–Crippen LogP) is 4.15. The third-order valence-electron chi connectivity index (χ3n) is 8.08. The number of allylic oxidation sites excluding steroid dienone is 1. The Kier molecular flexibility index (Phi) is 6.32. The molecule has 2 heterocycles. The topological polar surface area (TPSA) is 87.1 Å². The van der Waals surface area contributed by atoms with Crippen LogP contribution in [0.4, 0.5) is 21.8 Å². The molecule has 6 rings (SSSR count). The Balaban J connectivity index is 1.17. The summed E-state index contributed by atoms with van der Waals surface area (Å²) >= 11 is 0. The van der Waals surface area contributed by atoms with Crippen molar-refractivity contribution in [3.8, 4) is 0 Å². The Morgan fingerprint density at radius 2 is 2.03 bits per heavy atom. The zero-order valence-electron chi connectivity index (χ0n) is 21.3. The maximum Gasteiger partial charge on any atom is 0.229 e. The highest BCUT2D eigenvalue weighted by molar-refractivity contribution is 5.84. The summed E-state index contributed by atoms with van der Waals surface area (Å²) in [5.41, 5.74) is 1.99. The number of carbonyl (C=O) groups is 1. The predicted molar refractivity (Wildman–Crippen MR) is 143 cm³/mol. The molecule has 3 N–H and O–H groups in total. The van der Waals surface area contributed by atoms with Gasteiger partial charge in [-0.05, 0) is 75.9 Å². The minimum absolute atomic E-state index is 0.0673. The fraction of sp³-hybridized carbons (Fsp3) is 0.464. The van der Waals surface area contributed by atoms with Crippen LogP contribution in [-0.4, -0.2) is 58.1 Å². The number of hydrogen-bond acceptors (Lipinski definition) is 6. The number of likely N-dealkylation sites (N-methyl/N-ethyl adjacent to an activating group) is 1. The Labute approximate surface area is 216 Å². The zero-order valence-corrected chi connectivity index (χ0v) is 21.3. The lowest BCUT2D eigenvalue weighted by atomic mass is 9.86. The van der Waals surface area contributed by atoms with Crippen LogP contribution in [0, 0.1) is 23.6 Å². The molecule has 2 fully saturated rings. The highest BCUT2D eigenvalue weighted by Gasteiger charge is 2.49. The Morgan fingerprint density at radius 1 is 1.19 bits per heavy atom. The molecule has 2 bridgehead atoms. The van der Waals surface area contributed by atoms with E-state index in [9.17, 15) is 9.18 Å². The van der Waals surface area contributed by atoms with E-state index in [0.29, 0.717) is 5.95 Å². The van der Waals surface area contributed by atoms with Gasteiger partial charge in [0, 0.05) is 48.0 Å². The smallest absolute Gasteiger partial charge is 0.229 e. The second-order valence-corrected chi connectivity index (χ2v) is 10.9. The standard InChI is InChI=1S/C28H34FN7O/c1-35(2)12-13-36-11-10-17-15-21(8-9-23(17)36)32-28-30-16-22(29)26(34-28)33-25-19-7-6-18(14-19)24(25)27(37)31-20-4-3-5-20/h6-11,15-16,18-20,24-25H,3-5,12-14H2,1-2H3,(H,31,37)(H2,30,32,33,34). The van der Waals surface area contributed by atoms with Crippen molar-refractivity contribution in [1.82, 2.24) is 24.8 Å². The molecule has 4 atom stereocenters. The van der Waals surface area contributed by atoms with Gasteiger partial charge in [-0.3, -0.25) is 4.79 Å². The molecule has 0 aliphatic heterocycles. The summed E-state index contributed by atoms with van der Waals surface area (Å²) in [6.45, 7) is 1.88. The van der Waals surface area contributed by atoms with Crippen LogP contribution in [-0.2, 0) is 11.3 Å². The van der Waals surface area contributed by atoms with Gasteiger partial charge in [0.05, 0.1) is 12.1 Å². The van der Waals surface area contributed by atoms with Crippen LogP contribution >= 0.6 is 0 Å². The molecule has 2 aromatic heterocycles. The number of nitrogens with one attached hydrogen (secondary N) is 3. The van der Waals surface area contributed by atoms with E-state index in [-0.39, 0.29) is 41.6 Å². The highest BCUT2D eigenvalue weighted by atomic mass is 19.1. The van der Waals surface area contributed by atoms with E-state index < -0.39 is 5.82 Å². The van der Waals surface area contributed by atoms with Gasteiger partial charge >= 0.3 is 0 Å². The normalized spacial score (nSPS) is 24.5. The van der Waals surface area contributed by atoms with Gasteiger partial charge in [-0.15, -0.1) is 0 Å². The van der Waals surface area contributed by atoms with E-state index in [1.54, 1.807) is 0 Å². The first-order valence-corrected chi connectivity index (χ1v) is 13.2. The monoisotopic (exact) mass is 503 g/mol. The van der Waals surface area contributed by atoms with Crippen molar-refractivity contribution in [2.75, 3.05) is 31.3 Å². The summed E-state index contributed by atoms with van der Waals surface area (Å²) < 4.78 is 17.0. The molecule has 2 saturated carbocycles. The number of rotatable bonds is 9. The highest BCUT2D eigenvalue weighted by Crippen LogP contribution is 2.45. The molecule has 194 valence electrons. The van der Waals surface area contributed by atoms with Gasteiger partial charge in [0.1, 0.15) is 0 Å². The average molecular weight is 504 g/mol. The van der Waals surface area contributed by atoms with E-state index >= 15 is 0 Å². The molecule has 3 aliphatic carbocycles. The minimum Gasteiger partial charge on any atom is -0.363 e. The van der Waals surface area contributed by atoms with Crippen LogP contribution in [0.15, 0.2) is 48.8 Å². The number of anilines is 3. The Morgan fingerprint density at radius 3 is 2.81 bits per heavy atom. The van der Waals surface area contributed by atoms with Gasteiger partial charge in [0.25, 0.3) is 0 Å². The second-order valence-electron chi connectivity index (χ2n) is 10.9. The first-order chi connectivity index (χ1) is 17.9. The van der Waals surface area contributed by atoms with Crippen molar-refractivity contribution in [1.29, 1.82) is 0 Å². The fourth-order valence-electron chi connectivity index (χ4n) is 5.82. The van der Waals surface area contributed by atoms with Crippen LogP contribution in [0.25, 0.3) is 10.9 Å². The van der Waals surface area contributed by atoms with Crippen LogP contribution in [0.1, 0.15) is 25.7 Å². The molecule has 9 heteroatoms. The summed E-state index contributed by atoms with van der Waals surface area (Å²) in [5, 5.41) is 10.8. The zero-order chi connectivity index (χ0) is 25.5. The number of hydrogen-bond donors (Lipinski definition) is 3. The number of nitrogens with zero attached hydrogens (tertiary/aromatic N) is 4. The Hall–Kier alpha value is -3.46. The minimum atomic E-state index is -0.524. The largest absolute Gasteiger partial charge is 0.363 e. The first kappa shape index (κ1) is 23.9. The molecule has 8 nitrogen and oxygen atoms in total. The molecular formula is C28H34FN7O. The van der Waals surface area contributed by atoms with E-state index in [2.05, 4.69) is 80.0 Å². The first-order valence-electron chi connectivity index (χ1n) is 13.2. The molecule has 1 amide bonds. The number of benzene rings is 1. The molecule has 3 aliphatic rings. The van der Waals surface area contributed by atoms with Crippen molar-refractivity contribution in [3.63, 3.8) is 0 Å². The Bertz CT molecular complexity index is 1330. The third-order valence-corrected chi connectivity index (χ3v) is 8.08. The summed E-state index contributed by atoms with van der Waals surface area (Å²) in [5.74, 6) is 0.126. The van der Waals surface area contributed by atoms with Gasteiger partial charge in [0.15, 0.2) is 11.6 Å². The van der Waals surface area contributed by atoms with Gasteiger partial charge < -0.3 is 25.4 Å². The van der Waals surface area contributed by atoms with Crippen molar-refractivity contribution >= 4 is 34.3 Å². The van der Waals surface area contributed by atoms with Crippen molar-refractivity contribution in [2.24, 2.45) is 17.8 Å². The van der Waals surface area contributed by atoms with Crippen molar-refractivity contribution in [3.05, 3.63) is 54.6 Å². The quantitative estimate of drug-likeness (QED) is 0.381. The fourth-order valence-corrected chi connectivity index (χ4v) is 5.82. The van der Waals surface area contributed by atoms with Gasteiger partial charge in [-0.25, -0.2) is 9.37 Å². The summed E-state index contributed by atoms with van der Waals surface area (Å²) in [6.07, 6.45) is 11.7. The molecule has 0 spiro atoms. The maximum absolute atomic E-state index is 14.8. The number of aromatic nitrogens is 3. The summed E-state index contributed by atoms with van der Waals surface area (Å²) in [4.78, 5) is 23.9. The molecule has 3 aromatic rings. The number of halogens is 1. The molecule has 37 heavy (non-hydrogen) atoms. The SMILES string of the molecule is CN(C)CCn1ccc2cc(Nc3ncc(F)c(NC4C5C=CC(C5)C4C(=O)NC4CCC4)n3)ccc21. The van der Waals surface area contributed by atoms with E-state index in [4.69, 9.17) is 0 Å². The maximum atomic E-state index is 14.8. The third kappa shape index (κ3) is 4.80. The molecule has 0 saturated heterocycles. The van der Waals surface area contributed by atoms with E-state index in [1.165, 1.54) is 12.6 Å². The molecular weight excluding hydrogens is 469 g/mol. The summed E-state index contributed by atoms with van der Waals surface area (Å²) in [6, 6.07) is 8.28. The number of carbonyl (C=O) groups excluding carboxylic acids is 1. The van der Waals surface area contributed by atoms with Gasteiger partial charge in [-0.1, -0.05) is 12.2 Å². The van der Waals surface area contributed by atoms with Gasteiger partial charge in [0.2, 0.25) is 11.9 Å².